The van der Waals surface area contributed by atoms with E-state index in [-0.39, 0.29) is 5.91 Å². The molecule has 0 atom stereocenters. The van der Waals surface area contributed by atoms with Crippen molar-refractivity contribution in [1.29, 1.82) is 0 Å². The molecule has 4 nitrogen and oxygen atoms in total. The number of para-hydroxylation sites is 1. The number of benzene rings is 3. The van der Waals surface area contributed by atoms with E-state index < -0.39 is 0 Å². The second-order valence-electron chi connectivity index (χ2n) is 6.24. The van der Waals surface area contributed by atoms with Crippen LogP contribution in [0.25, 0.3) is 0 Å². The first-order valence-electron chi connectivity index (χ1n) is 9.06. The molecule has 4 heteroatoms. The molecule has 0 saturated heterocycles. The molecule has 0 aromatic heterocycles. The number of amides is 1. The maximum absolute atomic E-state index is 11.2. The molecule has 0 saturated carbocycles. The summed E-state index contributed by atoms with van der Waals surface area (Å²) in [6, 6.07) is 28.3. The van der Waals surface area contributed by atoms with Gasteiger partial charge in [-0.3, -0.25) is 4.79 Å². The molecular weight excluding hydrogens is 336 g/mol. The SMILES string of the molecule is CC(=O)NCCN(c1ccccc1)c1cccc(OCc2ccccc2)c1. The van der Waals surface area contributed by atoms with Crippen LogP contribution in [0.4, 0.5) is 11.4 Å². The minimum absolute atomic E-state index is 0.0250. The quantitative estimate of drug-likeness (QED) is 0.641. The molecule has 3 aromatic carbocycles. The van der Waals surface area contributed by atoms with E-state index in [0.717, 1.165) is 22.7 Å². The fourth-order valence-corrected chi connectivity index (χ4v) is 2.84. The zero-order valence-corrected chi connectivity index (χ0v) is 15.5. The van der Waals surface area contributed by atoms with E-state index in [2.05, 4.69) is 28.4 Å². The third-order valence-corrected chi connectivity index (χ3v) is 4.15. The fourth-order valence-electron chi connectivity index (χ4n) is 2.84. The van der Waals surface area contributed by atoms with Crippen molar-refractivity contribution in [3.63, 3.8) is 0 Å². The summed E-state index contributed by atoms with van der Waals surface area (Å²) in [5, 5.41) is 2.86. The molecule has 0 spiro atoms. The molecule has 0 aliphatic carbocycles. The molecule has 0 bridgehead atoms. The normalized spacial score (nSPS) is 10.3. The summed E-state index contributed by atoms with van der Waals surface area (Å²) in [6.07, 6.45) is 0. The van der Waals surface area contributed by atoms with Gasteiger partial charge in [0.25, 0.3) is 0 Å². The molecule has 0 heterocycles. The Morgan fingerprint density at radius 3 is 2.26 bits per heavy atom. The number of ether oxygens (including phenoxy) is 1. The topological polar surface area (TPSA) is 41.6 Å². The molecule has 27 heavy (non-hydrogen) atoms. The van der Waals surface area contributed by atoms with Crippen molar-refractivity contribution in [2.24, 2.45) is 0 Å². The minimum Gasteiger partial charge on any atom is -0.489 e. The lowest BCUT2D eigenvalue weighted by atomic mass is 10.2. The number of hydrogen-bond donors (Lipinski definition) is 1. The Morgan fingerprint density at radius 1 is 0.889 bits per heavy atom. The number of anilines is 2. The van der Waals surface area contributed by atoms with Crippen molar-refractivity contribution in [2.45, 2.75) is 13.5 Å². The van der Waals surface area contributed by atoms with Gasteiger partial charge in [-0.1, -0.05) is 54.6 Å². The summed E-state index contributed by atoms with van der Waals surface area (Å²) in [6.45, 7) is 3.30. The van der Waals surface area contributed by atoms with E-state index in [9.17, 15) is 4.79 Å². The summed E-state index contributed by atoms with van der Waals surface area (Å²) < 4.78 is 5.97. The molecule has 3 rings (SSSR count). The summed E-state index contributed by atoms with van der Waals surface area (Å²) in [7, 11) is 0. The van der Waals surface area contributed by atoms with Crippen molar-refractivity contribution in [1.82, 2.24) is 5.32 Å². The summed E-state index contributed by atoms with van der Waals surface area (Å²) in [5.41, 5.74) is 3.23. The Balaban J connectivity index is 1.76. The van der Waals surface area contributed by atoms with Gasteiger partial charge < -0.3 is 15.0 Å². The number of hydrogen-bond acceptors (Lipinski definition) is 3. The van der Waals surface area contributed by atoms with Gasteiger partial charge >= 0.3 is 0 Å². The summed E-state index contributed by atoms with van der Waals surface area (Å²) in [4.78, 5) is 13.4. The van der Waals surface area contributed by atoms with E-state index in [4.69, 9.17) is 4.74 Å². The van der Waals surface area contributed by atoms with Crippen molar-refractivity contribution in [2.75, 3.05) is 18.0 Å². The lowest BCUT2D eigenvalue weighted by Crippen LogP contribution is -2.31. The van der Waals surface area contributed by atoms with E-state index in [0.29, 0.717) is 19.7 Å². The largest absolute Gasteiger partial charge is 0.489 e. The minimum atomic E-state index is -0.0250. The monoisotopic (exact) mass is 360 g/mol. The fraction of sp³-hybridized carbons (Fsp3) is 0.174. The highest BCUT2D eigenvalue weighted by atomic mass is 16.5. The van der Waals surface area contributed by atoms with Crippen LogP contribution < -0.4 is 15.0 Å². The van der Waals surface area contributed by atoms with Crippen LogP contribution in [-0.2, 0) is 11.4 Å². The third kappa shape index (κ3) is 5.61. The third-order valence-electron chi connectivity index (χ3n) is 4.15. The average Bonchev–Trinajstić information content (AvgIpc) is 2.71. The highest BCUT2D eigenvalue weighted by Gasteiger charge is 2.10. The molecule has 3 aromatic rings. The molecular formula is C23H24N2O2. The first kappa shape index (κ1) is 18.5. The Kier molecular flexibility index (Phi) is 6.47. The van der Waals surface area contributed by atoms with Gasteiger partial charge in [0.1, 0.15) is 12.4 Å². The molecule has 0 fully saturated rings. The highest BCUT2D eigenvalue weighted by molar-refractivity contribution is 5.73. The van der Waals surface area contributed by atoms with Gasteiger partial charge in [0.2, 0.25) is 5.91 Å². The Hall–Kier alpha value is -3.27. The van der Waals surface area contributed by atoms with Gasteiger partial charge in [-0.15, -0.1) is 0 Å². The van der Waals surface area contributed by atoms with Crippen LogP contribution in [0, 0.1) is 0 Å². The van der Waals surface area contributed by atoms with E-state index in [1.807, 2.05) is 66.7 Å². The molecule has 138 valence electrons. The molecule has 1 N–H and O–H groups in total. The highest BCUT2D eigenvalue weighted by Crippen LogP contribution is 2.28. The van der Waals surface area contributed by atoms with Crippen LogP contribution in [0.2, 0.25) is 0 Å². The maximum Gasteiger partial charge on any atom is 0.216 e. The molecule has 0 unspecified atom stereocenters. The second kappa shape index (κ2) is 9.43. The van der Waals surface area contributed by atoms with Crippen LogP contribution in [0.5, 0.6) is 5.75 Å². The second-order valence-corrected chi connectivity index (χ2v) is 6.24. The average molecular weight is 360 g/mol. The standard InChI is InChI=1S/C23H24N2O2/c1-19(26)24-15-16-25(21-11-6-3-7-12-21)22-13-8-14-23(17-22)27-18-20-9-4-2-5-10-20/h2-14,17H,15-16,18H2,1H3,(H,24,26). The lowest BCUT2D eigenvalue weighted by Gasteiger charge is -2.25. The first-order valence-corrected chi connectivity index (χ1v) is 9.06. The van der Waals surface area contributed by atoms with E-state index in [1.54, 1.807) is 0 Å². The first-order chi connectivity index (χ1) is 13.2. The zero-order chi connectivity index (χ0) is 18.9. The van der Waals surface area contributed by atoms with Gasteiger partial charge in [0, 0.05) is 37.5 Å². The Bertz CT molecular complexity index is 851. The molecule has 1 amide bonds. The number of carbonyl (C=O) groups excluding carboxylic acids is 1. The predicted octanol–water partition coefficient (Wildman–Crippen LogP) is 4.54. The maximum atomic E-state index is 11.2. The van der Waals surface area contributed by atoms with Gasteiger partial charge in [0.15, 0.2) is 0 Å². The number of carbonyl (C=O) groups is 1. The van der Waals surface area contributed by atoms with Crippen molar-refractivity contribution in [3.05, 3.63) is 90.5 Å². The Labute approximate surface area is 160 Å². The van der Waals surface area contributed by atoms with Crippen LogP contribution >= 0.6 is 0 Å². The van der Waals surface area contributed by atoms with E-state index >= 15 is 0 Å². The zero-order valence-electron chi connectivity index (χ0n) is 15.5. The smallest absolute Gasteiger partial charge is 0.216 e. The molecule has 0 aliphatic heterocycles. The molecule has 0 aliphatic rings. The number of nitrogens with zero attached hydrogens (tertiary/aromatic N) is 1. The van der Waals surface area contributed by atoms with Gasteiger partial charge in [-0.25, -0.2) is 0 Å². The van der Waals surface area contributed by atoms with Crippen molar-refractivity contribution in [3.8, 4) is 5.75 Å². The van der Waals surface area contributed by atoms with E-state index in [1.165, 1.54) is 6.92 Å². The van der Waals surface area contributed by atoms with Crippen LogP contribution in [0.15, 0.2) is 84.9 Å². The van der Waals surface area contributed by atoms with Crippen molar-refractivity contribution >= 4 is 17.3 Å². The van der Waals surface area contributed by atoms with Crippen LogP contribution in [-0.4, -0.2) is 19.0 Å². The summed E-state index contributed by atoms with van der Waals surface area (Å²) in [5.74, 6) is 0.791. The van der Waals surface area contributed by atoms with Gasteiger partial charge in [-0.05, 0) is 29.8 Å². The number of nitrogens with one attached hydrogen (secondary N) is 1. The predicted molar refractivity (Wildman–Crippen MR) is 109 cm³/mol. The Morgan fingerprint density at radius 2 is 1.56 bits per heavy atom. The lowest BCUT2D eigenvalue weighted by molar-refractivity contribution is -0.118. The van der Waals surface area contributed by atoms with Gasteiger partial charge in [0.05, 0.1) is 0 Å². The van der Waals surface area contributed by atoms with Crippen molar-refractivity contribution < 1.29 is 9.53 Å². The summed E-state index contributed by atoms with van der Waals surface area (Å²) >= 11 is 0. The molecule has 0 radical (unpaired) electrons. The number of rotatable bonds is 8. The van der Waals surface area contributed by atoms with Crippen LogP contribution in [0.3, 0.4) is 0 Å². The van der Waals surface area contributed by atoms with Gasteiger partial charge in [-0.2, -0.15) is 0 Å². The van der Waals surface area contributed by atoms with Crippen LogP contribution in [0.1, 0.15) is 12.5 Å².